The first-order valence-corrected chi connectivity index (χ1v) is 5.34. The lowest BCUT2D eigenvalue weighted by Gasteiger charge is -2.21. The summed E-state index contributed by atoms with van der Waals surface area (Å²) >= 11 is 0. The molecule has 0 aliphatic heterocycles. The highest BCUT2D eigenvalue weighted by Gasteiger charge is 2.48. The average molecular weight is 225 g/mol. The zero-order valence-corrected chi connectivity index (χ0v) is 9.46. The molecule has 1 aromatic carbocycles. The van der Waals surface area contributed by atoms with Gasteiger partial charge in [-0.15, -0.1) is 0 Å². The Morgan fingerprint density at radius 1 is 1.50 bits per heavy atom. The Bertz CT molecular complexity index is 390. The summed E-state index contributed by atoms with van der Waals surface area (Å²) in [6.45, 7) is 1.91. The second kappa shape index (κ2) is 3.63. The number of nitrogens with two attached hydrogens (primary N) is 1. The molecule has 0 saturated heterocycles. The minimum absolute atomic E-state index is 0.0419. The highest BCUT2D eigenvalue weighted by molar-refractivity contribution is 5.47. The molecule has 4 heteroatoms. The van der Waals surface area contributed by atoms with Gasteiger partial charge in [0.05, 0.1) is 7.11 Å². The van der Waals surface area contributed by atoms with Gasteiger partial charge in [-0.3, -0.25) is 0 Å². The third kappa shape index (κ3) is 1.53. The van der Waals surface area contributed by atoms with Crippen molar-refractivity contribution in [2.24, 2.45) is 5.73 Å². The maximum absolute atomic E-state index is 13.6. The molecular weight excluding hydrogens is 209 g/mol. The molecule has 1 aliphatic carbocycles. The monoisotopic (exact) mass is 225 g/mol. The van der Waals surface area contributed by atoms with Crippen molar-refractivity contribution in [3.05, 3.63) is 23.5 Å². The lowest BCUT2D eigenvalue weighted by molar-refractivity contribution is 0.349. The lowest BCUT2D eigenvalue weighted by Crippen LogP contribution is -2.31. The summed E-state index contributed by atoms with van der Waals surface area (Å²) in [4.78, 5) is 0. The van der Waals surface area contributed by atoms with E-state index in [1.165, 1.54) is 13.2 Å². The largest absolute Gasteiger partial charge is 0.504 e. The van der Waals surface area contributed by atoms with Crippen LogP contribution in [0.25, 0.3) is 0 Å². The van der Waals surface area contributed by atoms with Crippen LogP contribution in [0.4, 0.5) is 4.39 Å². The van der Waals surface area contributed by atoms with Gasteiger partial charge in [0, 0.05) is 11.5 Å². The first-order valence-electron chi connectivity index (χ1n) is 5.34. The van der Waals surface area contributed by atoms with Crippen molar-refractivity contribution in [2.45, 2.75) is 31.2 Å². The molecule has 1 atom stereocenters. The molecule has 16 heavy (non-hydrogen) atoms. The number of phenolic OH excluding ortho intramolecular Hbond substituents is 1. The van der Waals surface area contributed by atoms with Crippen molar-refractivity contribution >= 4 is 0 Å². The smallest absolute Gasteiger partial charge is 0.196 e. The summed E-state index contributed by atoms with van der Waals surface area (Å²) in [5, 5.41) is 9.64. The lowest BCUT2D eigenvalue weighted by atomic mass is 9.89. The van der Waals surface area contributed by atoms with Crippen LogP contribution in [0.3, 0.4) is 0 Å². The number of methoxy groups -OCH3 is 1. The van der Waals surface area contributed by atoms with Crippen molar-refractivity contribution < 1.29 is 14.2 Å². The zero-order valence-electron chi connectivity index (χ0n) is 9.46. The van der Waals surface area contributed by atoms with Crippen LogP contribution >= 0.6 is 0 Å². The van der Waals surface area contributed by atoms with Crippen LogP contribution in [0, 0.1) is 5.82 Å². The maximum atomic E-state index is 13.6. The third-order valence-corrected chi connectivity index (χ3v) is 3.46. The fraction of sp³-hybridized carbons (Fsp3) is 0.500. The fourth-order valence-electron chi connectivity index (χ4n) is 2.21. The SMILES string of the molecule is COc1c(O)cc(C2(C(C)N)CC2)cc1F. The molecule has 1 unspecified atom stereocenters. The first-order chi connectivity index (χ1) is 7.51. The van der Waals surface area contributed by atoms with Crippen LogP contribution in [-0.2, 0) is 5.41 Å². The summed E-state index contributed by atoms with van der Waals surface area (Å²) in [7, 11) is 1.33. The molecule has 0 bridgehead atoms. The van der Waals surface area contributed by atoms with Gasteiger partial charge in [-0.25, -0.2) is 4.39 Å². The molecule has 1 saturated carbocycles. The van der Waals surface area contributed by atoms with E-state index in [2.05, 4.69) is 0 Å². The normalized spacial score (nSPS) is 19.2. The Morgan fingerprint density at radius 3 is 2.50 bits per heavy atom. The van der Waals surface area contributed by atoms with Gasteiger partial charge in [0.25, 0.3) is 0 Å². The van der Waals surface area contributed by atoms with Crippen molar-refractivity contribution in [3.63, 3.8) is 0 Å². The Balaban J connectivity index is 2.45. The number of halogens is 1. The minimum Gasteiger partial charge on any atom is -0.504 e. The molecule has 1 fully saturated rings. The highest BCUT2D eigenvalue weighted by Crippen LogP contribution is 2.52. The molecule has 2 rings (SSSR count). The number of hydrogen-bond acceptors (Lipinski definition) is 3. The van der Waals surface area contributed by atoms with Crippen LogP contribution in [0.2, 0.25) is 0 Å². The Hall–Kier alpha value is -1.29. The number of phenols is 1. The van der Waals surface area contributed by atoms with Crippen LogP contribution in [-0.4, -0.2) is 18.3 Å². The Labute approximate surface area is 94.0 Å². The van der Waals surface area contributed by atoms with Gasteiger partial charge in [-0.2, -0.15) is 0 Å². The molecule has 0 heterocycles. The highest BCUT2D eigenvalue weighted by atomic mass is 19.1. The summed E-state index contributed by atoms with van der Waals surface area (Å²) < 4.78 is 18.4. The van der Waals surface area contributed by atoms with E-state index >= 15 is 0 Å². The molecular formula is C12H16FNO2. The van der Waals surface area contributed by atoms with E-state index in [0.29, 0.717) is 0 Å². The standard InChI is InChI=1S/C12H16FNO2/c1-7(14)12(3-4-12)8-5-9(13)11(16-2)10(15)6-8/h5-7,15H,3-4,14H2,1-2H3. The van der Waals surface area contributed by atoms with Gasteiger partial charge in [0.1, 0.15) is 0 Å². The van der Waals surface area contributed by atoms with Gasteiger partial charge >= 0.3 is 0 Å². The second-order valence-electron chi connectivity index (χ2n) is 4.46. The average Bonchev–Trinajstić information content (AvgIpc) is 2.97. The third-order valence-electron chi connectivity index (χ3n) is 3.46. The molecule has 1 aromatic rings. The molecule has 3 N–H and O–H groups in total. The van der Waals surface area contributed by atoms with E-state index in [1.54, 1.807) is 6.07 Å². The Kier molecular flexibility index (Phi) is 2.54. The number of aromatic hydroxyl groups is 1. The quantitative estimate of drug-likeness (QED) is 0.826. The predicted octanol–water partition coefficient (Wildman–Crippen LogP) is 1.92. The molecule has 3 nitrogen and oxygen atoms in total. The van der Waals surface area contributed by atoms with Gasteiger partial charge in [0.2, 0.25) is 0 Å². The van der Waals surface area contributed by atoms with Gasteiger partial charge < -0.3 is 15.6 Å². The van der Waals surface area contributed by atoms with E-state index in [4.69, 9.17) is 10.5 Å². The van der Waals surface area contributed by atoms with E-state index in [0.717, 1.165) is 18.4 Å². The van der Waals surface area contributed by atoms with E-state index in [9.17, 15) is 9.50 Å². The van der Waals surface area contributed by atoms with Crippen LogP contribution in [0.1, 0.15) is 25.3 Å². The molecule has 0 radical (unpaired) electrons. The summed E-state index contributed by atoms with van der Waals surface area (Å²) in [5.74, 6) is -0.807. The Morgan fingerprint density at radius 2 is 2.12 bits per heavy atom. The van der Waals surface area contributed by atoms with Gasteiger partial charge in [0.15, 0.2) is 17.3 Å². The van der Waals surface area contributed by atoms with Crippen molar-refractivity contribution in [2.75, 3.05) is 7.11 Å². The second-order valence-corrected chi connectivity index (χ2v) is 4.46. The summed E-state index contributed by atoms with van der Waals surface area (Å²) in [6, 6.07) is 2.92. The first kappa shape index (κ1) is 11.2. The van der Waals surface area contributed by atoms with Crippen molar-refractivity contribution in [1.82, 2.24) is 0 Å². The van der Waals surface area contributed by atoms with Gasteiger partial charge in [-0.05, 0) is 37.5 Å². The van der Waals surface area contributed by atoms with Crippen LogP contribution in [0.15, 0.2) is 12.1 Å². The number of benzene rings is 1. The van der Waals surface area contributed by atoms with Crippen LogP contribution < -0.4 is 10.5 Å². The predicted molar refractivity (Wildman–Crippen MR) is 59.2 cm³/mol. The van der Waals surface area contributed by atoms with Crippen molar-refractivity contribution in [1.29, 1.82) is 0 Å². The zero-order chi connectivity index (χ0) is 11.9. The molecule has 0 amide bonds. The van der Waals surface area contributed by atoms with Crippen LogP contribution in [0.5, 0.6) is 11.5 Å². The van der Waals surface area contributed by atoms with Gasteiger partial charge in [-0.1, -0.05) is 0 Å². The summed E-state index contributed by atoms with van der Waals surface area (Å²) in [6.07, 6.45) is 1.88. The molecule has 0 spiro atoms. The van der Waals surface area contributed by atoms with E-state index in [-0.39, 0.29) is 23.0 Å². The van der Waals surface area contributed by atoms with E-state index < -0.39 is 5.82 Å². The topological polar surface area (TPSA) is 55.5 Å². The maximum Gasteiger partial charge on any atom is 0.196 e. The molecule has 0 aromatic heterocycles. The van der Waals surface area contributed by atoms with Crippen molar-refractivity contribution in [3.8, 4) is 11.5 Å². The minimum atomic E-state index is -0.538. The molecule has 88 valence electrons. The number of rotatable bonds is 3. The van der Waals surface area contributed by atoms with E-state index in [1.807, 2.05) is 6.92 Å². The number of hydrogen-bond donors (Lipinski definition) is 2. The number of ether oxygens (including phenoxy) is 1. The fourth-order valence-corrected chi connectivity index (χ4v) is 2.21. The summed E-state index contributed by atoms with van der Waals surface area (Å²) in [5.41, 5.74) is 6.50. The molecule has 1 aliphatic rings.